The second kappa shape index (κ2) is 7.11. The molecule has 1 fully saturated rings. The summed E-state index contributed by atoms with van der Waals surface area (Å²) in [7, 11) is -1.12. The summed E-state index contributed by atoms with van der Waals surface area (Å²) in [6.45, 7) is 2.62. The molecule has 1 saturated heterocycles. The number of carbonyl (C=O) groups is 1. The van der Waals surface area contributed by atoms with Gasteiger partial charge in [-0.3, -0.25) is 4.79 Å². The lowest BCUT2D eigenvalue weighted by Crippen LogP contribution is -2.46. The van der Waals surface area contributed by atoms with Gasteiger partial charge in [0.15, 0.2) is 0 Å². The fraction of sp³-hybridized carbons (Fsp3) is 0.444. The maximum Gasteiger partial charge on any atom is 0.345 e. The summed E-state index contributed by atoms with van der Waals surface area (Å²) < 4.78 is 35.2. The van der Waals surface area contributed by atoms with Gasteiger partial charge in [0, 0.05) is 25.2 Å². The molecule has 0 saturated carbocycles. The van der Waals surface area contributed by atoms with E-state index in [0.29, 0.717) is 17.9 Å². The minimum atomic E-state index is -3.98. The fourth-order valence-corrected chi connectivity index (χ4v) is 4.18. The van der Waals surface area contributed by atoms with Crippen molar-refractivity contribution in [3.63, 3.8) is 0 Å². The van der Waals surface area contributed by atoms with Crippen LogP contribution in [0, 0.1) is 0 Å². The Kier molecular flexibility index (Phi) is 5.04. The van der Waals surface area contributed by atoms with E-state index in [4.69, 9.17) is 4.74 Å². The van der Waals surface area contributed by atoms with Gasteiger partial charge in [0.25, 0.3) is 5.91 Å². The minimum absolute atomic E-state index is 0.0850. The topological polar surface area (TPSA) is 79.3 Å². The molecule has 1 aromatic rings. The molecule has 1 atom stereocenters. The zero-order chi connectivity index (χ0) is 18.9. The first-order chi connectivity index (χ1) is 12.3. The Morgan fingerprint density at radius 3 is 2.69 bits per heavy atom. The number of para-hydroxylation sites is 1. The molecular weight excluding hydrogens is 354 g/mol. The number of rotatable bonds is 3. The van der Waals surface area contributed by atoms with Crippen LogP contribution < -0.4 is 4.74 Å². The molecule has 2 aliphatic rings. The first-order valence-electron chi connectivity index (χ1n) is 8.60. The van der Waals surface area contributed by atoms with Gasteiger partial charge in [0.05, 0.1) is 12.8 Å². The number of nitrogens with zero attached hydrogens (tertiary/aromatic N) is 3. The number of carbonyl (C=O) groups excluding carboxylic acids is 1. The molecule has 1 amide bonds. The quantitative estimate of drug-likeness (QED) is 0.807. The van der Waals surface area contributed by atoms with Crippen LogP contribution in [-0.4, -0.2) is 56.0 Å². The predicted molar refractivity (Wildman–Crippen MR) is 99.3 cm³/mol. The molecule has 0 N–H and O–H groups in total. The fourth-order valence-electron chi connectivity index (χ4n) is 3.28. The van der Waals surface area contributed by atoms with Crippen molar-refractivity contribution in [3.05, 3.63) is 41.6 Å². The van der Waals surface area contributed by atoms with Gasteiger partial charge < -0.3 is 9.64 Å². The highest BCUT2D eigenvalue weighted by Gasteiger charge is 2.35. The predicted octanol–water partition coefficient (Wildman–Crippen LogP) is 1.96. The molecule has 140 valence electrons. The molecule has 2 heterocycles. The van der Waals surface area contributed by atoms with Crippen LogP contribution in [-0.2, 0) is 15.0 Å². The molecular formula is C18H23N3O4S. The largest absolute Gasteiger partial charge is 0.496 e. The third-order valence-corrected chi connectivity index (χ3v) is 6.15. The molecule has 0 aromatic heterocycles. The monoisotopic (exact) mass is 377 g/mol. The maximum atomic E-state index is 13.1. The Morgan fingerprint density at radius 1 is 1.27 bits per heavy atom. The number of hydrogen-bond acceptors (Lipinski definition) is 4. The Hall–Kier alpha value is -2.35. The highest BCUT2D eigenvalue weighted by Crippen LogP contribution is 2.27. The zero-order valence-corrected chi connectivity index (χ0v) is 16.0. The summed E-state index contributed by atoms with van der Waals surface area (Å²) in [5, 5.41) is 0. The van der Waals surface area contributed by atoms with Crippen LogP contribution in [0.3, 0.4) is 0 Å². The maximum absolute atomic E-state index is 13.1. The van der Waals surface area contributed by atoms with Crippen molar-refractivity contribution in [2.75, 3.05) is 20.7 Å². The van der Waals surface area contributed by atoms with Crippen LogP contribution in [0.15, 0.2) is 40.4 Å². The third kappa shape index (κ3) is 3.33. The molecule has 3 rings (SSSR count). The van der Waals surface area contributed by atoms with E-state index in [1.54, 1.807) is 29.2 Å². The first-order valence-corrected chi connectivity index (χ1v) is 9.99. The SMILES string of the molecule is COc1ccccc1C1=NS(=O)(=O)N(C)C(C(=O)N2CCCCC2C)=C1. The average Bonchev–Trinajstić information content (AvgIpc) is 2.63. The van der Waals surface area contributed by atoms with Crippen LogP contribution in [0.25, 0.3) is 0 Å². The minimum Gasteiger partial charge on any atom is -0.496 e. The summed E-state index contributed by atoms with van der Waals surface area (Å²) in [6.07, 6.45) is 4.45. The van der Waals surface area contributed by atoms with E-state index >= 15 is 0 Å². The van der Waals surface area contributed by atoms with E-state index in [9.17, 15) is 13.2 Å². The number of methoxy groups -OCH3 is 1. The van der Waals surface area contributed by atoms with Gasteiger partial charge in [-0.2, -0.15) is 8.42 Å². The second-order valence-electron chi connectivity index (χ2n) is 6.50. The molecule has 0 bridgehead atoms. The molecule has 0 radical (unpaired) electrons. The zero-order valence-electron chi connectivity index (χ0n) is 15.2. The third-order valence-electron chi connectivity index (χ3n) is 4.84. The van der Waals surface area contributed by atoms with Crippen LogP contribution in [0.1, 0.15) is 31.7 Å². The van der Waals surface area contributed by atoms with Crippen molar-refractivity contribution in [2.45, 2.75) is 32.2 Å². The number of allylic oxidation sites excluding steroid dienone is 1. The first kappa shape index (κ1) is 18.4. The molecule has 1 aromatic carbocycles. The van der Waals surface area contributed by atoms with E-state index in [1.807, 2.05) is 6.92 Å². The van der Waals surface area contributed by atoms with Crippen molar-refractivity contribution < 1.29 is 17.9 Å². The van der Waals surface area contributed by atoms with Gasteiger partial charge in [-0.15, -0.1) is 4.40 Å². The van der Waals surface area contributed by atoms with Gasteiger partial charge >= 0.3 is 10.2 Å². The number of amides is 1. The van der Waals surface area contributed by atoms with E-state index in [2.05, 4.69) is 4.40 Å². The lowest BCUT2D eigenvalue weighted by molar-refractivity contribution is -0.131. The van der Waals surface area contributed by atoms with Crippen molar-refractivity contribution in [2.24, 2.45) is 4.40 Å². The van der Waals surface area contributed by atoms with Crippen molar-refractivity contribution in [1.82, 2.24) is 9.21 Å². The molecule has 7 nitrogen and oxygen atoms in total. The van der Waals surface area contributed by atoms with E-state index in [-0.39, 0.29) is 23.4 Å². The van der Waals surface area contributed by atoms with Gasteiger partial charge in [-0.1, -0.05) is 12.1 Å². The summed E-state index contributed by atoms with van der Waals surface area (Å²) in [5.41, 5.74) is 0.840. The van der Waals surface area contributed by atoms with Crippen molar-refractivity contribution in [3.8, 4) is 5.75 Å². The van der Waals surface area contributed by atoms with Crippen LogP contribution in [0.4, 0.5) is 0 Å². The Morgan fingerprint density at radius 2 is 2.00 bits per heavy atom. The second-order valence-corrected chi connectivity index (χ2v) is 8.12. The van der Waals surface area contributed by atoms with Crippen LogP contribution in [0.5, 0.6) is 5.75 Å². The smallest absolute Gasteiger partial charge is 0.345 e. The average molecular weight is 377 g/mol. The van der Waals surface area contributed by atoms with Gasteiger partial charge in [0.2, 0.25) is 0 Å². The molecule has 1 unspecified atom stereocenters. The van der Waals surface area contributed by atoms with E-state index in [0.717, 1.165) is 23.6 Å². The molecule has 0 spiro atoms. The Balaban J connectivity index is 2.05. The molecule has 26 heavy (non-hydrogen) atoms. The highest BCUT2D eigenvalue weighted by molar-refractivity contribution is 7.88. The lowest BCUT2D eigenvalue weighted by atomic mass is 10.0. The molecule has 8 heteroatoms. The van der Waals surface area contributed by atoms with Gasteiger partial charge in [-0.05, 0) is 44.4 Å². The number of likely N-dealkylation sites (N-methyl/N-ethyl adjacent to an activating group) is 1. The molecule has 0 aliphatic carbocycles. The number of ether oxygens (including phenoxy) is 1. The number of likely N-dealkylation sites (tertiary alicyclic amines) is 1. The lowest BCUT2D eigenvalue weighted by Gasteiger charge is -2.36. The van der Waals surface area contributed by atoms with Crippen molar-refractivity contribution in [1.29, 1.82) is 0 Å². The van der Waals surface area contributed by atoms with Crippen molar-refractivity contribution >= 4 is 21.8 Å². The van der Waals surface area contributed by atoms with Crippen LogP contribution in [0.2, 0.25) is 0 Å². The summed E-state index contributed by atoms with van der Waals surface area (Å²) in [5.74, 6) is 0.214. The Bertz CT molecular complexity index is 876. The summed E-state index contributed by atoms with van der Waals surface area (Å²) >= 11 is 0. The number of benzene rings is 1. The van der Waals surface area contributed by atoms with Gasteiger partial charge in [-0.25, -0.2) is 4.31 Å². The summed E-state index contributed by atoms with van der Waals surface area (Å²) in [6, 6.07) is 7.10. The van der Waals surface area contributed by atoms with Gasteiger partial charge in [0.1, 0.15) is 11.4 Å². The van der Waals surface area contributed by atoms with E-state index < -0.39 is 10.2 Å². The molecule has 2 aliphatic heterocycles. The Labute approximate surface area is 154 Å². The standard InChI is InChI=1S/C18H23N3O4S/c1-13-8-6-7-11-21(13)18(22)16-12-15(19-26(23,24)20(16)2)14-9-4-5-10-17(14)25-3/h4-5,9-10,12-13H,6-8,11H2,1-3H3. The van der Waals surface area contributed by atoms with E-state index in [1.165, 1.54) is 20.2 Å². The van der Waals surface area contributed by atoms with Crippen LogP contribution >= 0.6 is 0 Å². The number of piperidine rings is 1. The summed E-state index contributed by atoms with van der Waals surface area (Å²) in [4.78, 5) is 14.8. The normalized spacial score (nSPS) is 22.5. The number of hydrogen-bond donors (Lipinski definition) is 0. The highest BCUT2D eigenvalue weighted by atomic mass is 32.2.